The van der Waals surface area contributed by atoms with Gasteiger partial charge in [0.25, 0.3) is 0 Å². The van der Waals surface area contributed by atoms with Crippen LogP contribution in [-0.2, 0) is 17.8 Å². The molecule has 1 atom stereocenters. The molecule has 2 rings (SSSR count). The highest BCUT2D eigenvalue weighted by Crippen LogP contribution is 2.17. The van der Waals surface area contributed by atoms with Crippen molar-refractivity contribution in [3.8, 4) is 0 Å². The number of hydrogen-bond acceptors (Lipinski definition) is 3. The number of likely N-dealkylation sites (N-methyl/N-ethyl adjacent to an activating group) is 1. The van der Waals surface area contributed by atoms with E-state index >= 15 is 0 Å². The fourth-order valence-electron chi connectivity index (χ4n) is 2.33. The minimum Gasteiger partial charge on any atom is -0.380 e. The van der Waals surface area contributed by atoms with E-state index < -0.39 is 0 Å². The summed E-state index contributed by atoms with van der Waals surface area (Å²) in [5.41, 5.74) is 9.57. The lowest BCUT2D eigenvalue weighted by Crippen LogP contribution is -2.31. The van der Waals surface area contributed by atoms with Gasteiger partial charge in [-0.1, -0.05) is 18.2 Å². The first-order valence-corrected chi connectivity index (χ1v) is 6.27. The second-order valence-corrected chi connectivity index (χ2v) is 4.90. The second kappa shape index (κ2) is 5.63. The first-order chi connectivity index (χ1) is 8.20. The van der Waals surface area contributed by atoms with Crippen molar-refractivity contribution in [3.63, 3.8) is 0 Å². The van der Waals surface area contributed by atoms with Gasteiger partial charge in [-0.05, 0) is 37.1 Å². The van der Waals surface area contributed by atoms with Gasteiger partial charge in [0.15, 0.2) is 0 Å². The molecule has 0 radical (unpaired) electrons. The summed E-state index contributed by atoms with van der Waals surface area (Å²) < 4.78 is 5.42. The van der Waals surface area contributed by atoms with Crippen LogP contribution in [0.2, 0.25) is 0 Å². The van der Waals surface area contributed by atoms with Gasteiger partial charge in [-0.3, -0.25) is 4.90 Å². The first kappa shape index (κ1) is 12.6. The molecule has 1 aliphatic heterocycles. The third-order valence-corrected chi connectivity index (χ3v) is 3.59. The van der Waals surface area contributed by atoms with E-state index in [4.69, 9.17) is 10.5 Å². The molecular weight excluding hydrogens is 212 g/mol. The quantitative estimate of drug-likeness (QED) is 0.861. The molecule has 2 N–H and O–H groups in total. The molecule has 1 aliphatic rings. The maximum Gasteiger partial charge on any atom is 0.0622 e. The fraction of sp³-hybridized carbons (Fsp3) is 0.571. The van der Waals surface area contributed by atoms with E-state index in [-0.39, 0.29) is 0 Å². The van der Waals surface area contributed by atoms with Crippen molar-refractivity contribution in [1.82, 2.24) is 4.90 Å². The highest BCUT2D eigenvalue weighted by Gasteiger charge is 2.20. The topological polar surface area (TPSA) is 38.5 Å². The lowest BCUT2D eigenvalue weighted by Gasteiger charge is -2.23. The minimum atomic E-state index is 0.573. The molecule has 1 fully saturated rings. The molecule has 17 heavy (non-hydrogen) atoms. The molecule has 1 heterocycles. The van der Waals surface area contributed by atoms with Gasteiger partial charge in [0, 0.05) is 25.7 Å². The van der Waals surface area contributed by atoms with Gasteiger partial charge in [-0.2, -0.15) is 0 Å². The second-order valence-electron chi connectivity index (χ2n) is 4.90. The van der Waals surface area contributed by atoms with Crippen molar-refractivity contribution < 1.29 is 4.74 Å². The minimum absolute atomic E-state index is 0.573. The molecule has 0 spiro atoms. The molecule has 1 unspecified atom stereocenters. The predicted molar refractivity (Wildman–Crippen MR) is 69.8 cm³/mol. The summed E-state index contributed by atoms with van der Waals surface area (Å²) in [7, 11) is 2.18. The van der Waals surface area contributed by atoms with Crippen LogP contribution in [0, 0.1) is 6.92 Å². The van der Waals surface area contributed by atoms with E-state index in [1.807, 2.05) is 0 Å². The average molecular weight is 234 g/mol. The Kier molecular flexibility index (Phi) is 4.15. The van der Waals surface area contributed by atoms with Crippen LogP contribution < -0.4 is 5.73 Å². The molecule has 94 valence electrons. The largest absolute Gasteiger partial charge is 0.380 e. The van der Waals surface area contributed by atoms with Crippen LogP contribution >= 0.6 is 0 Å². The lowest BCUT2D eigenvalue weighted by molar-refractivity contribution is 0.156. The number of rotatable bonds is 4. The smallest absolute Gasteiger partial charge is 0.0622 e. The van der Waals surface area contributed by atoms with E-state index in [1.54, 1.807) is 0 Å². The van der Waals surface area contributed by atoms with E-state index in [0.717, 1.165) is 26.2 Å². The van der Waals surface area contributed by atoms with Gasteiger partial charge in [0.05, 0.1) is 6.61 Å². The summed E-state index contributed by atoms with van der Waals surface area (Å²) in [6.45, 7) is 5.54. The molecule has 1 aromatic rings. The fourth-order valence-corrected chi connectivity index (χ4v) is 2.33. The molecule has 0 bridgehead atoms. The number of hydrogen-bond donors (Lipinski definition) is 1. The standard InChI is InChI=1S/C14H22N2O/c1-11-7-12(8-15)3-4-13(11)9-16(2)14-5-6-17-10-14/h3-4,7,14H,5-6,8-10,15H2,1-2H3. The monoisotopic (exact) mass is 234 g/mol. The average Bonchev–Trinajstić information content (AvgIpc) is 2.85. The number of benzene rings is 1. The van der Waals surface area contributed by atoms with Crippen LogP contribution in [0.4, 0.5) is 0 Å². The Morgan fingerprint density at radius 3 is 2.88 bits per heavy atom. The molecule has 0 amide bonds. The lowest BCUT2D eigenvalue weighted by atomic mass is 10.0. The third-order valence-electron chi connectivity index (χ3n) is 3.59. The van der Waals surface area contributed by atoms with Crippen molar-refractivity contribution in [1.29, 1.82) is 0 Å². The molecule has 1 aromatic carbocycles. The highest BCUT2D eigenvalue weighted by molar-refractivity contribution is 5.31. The van der Waals surface area contributed by atoms with Gasteiger partial charge in [-0.15, -0.1) is 0 Å². The molecule has 0 aromatic heterocycles. The molecule has 3 nitrogen and oxygen atoms in total. The van der Waals surface area contributed by atoms with Gasteiger partial charge in [0.2, 0.25) is 0 Å². The number of nitrogens with zero attached hydrogens (tertiary/aromatic N) is 1. The molecule has 0 aliphatic carbocycles. The highest BCUT2D eigenvalue weighted by atomic mass is 16.5. The summed E-state index contributed by atoms with van der Waals surface area (Å²) in [4.78, 5) is 2.39. The van der Waals surface area contributed by atoms with Crippen LogP contribution in [0.3, 0.4) is 0 Å². The third kappa shape index (κ3) is 3.06. The van der Waals surface area contributed by atoms with Crippen molar-refractivity contribution >= 4 is 0 Å². The molecule has 0 saturated carbocycles. The van der Waals surface area contributed by atoms with Gasteiger partial charge < -0.3 is 10.5 Å². The van der Waals surface area contributed by atoms with E-state index in [0.29, 0.717) is 12.6 Å². The molecular formula is C14H22N2O. The number of aryl methyl sites for hydroxylation is 1. The number of ether oxygens (including phenoxy) is 1. The van der Waals surface area contributed by atoms with Crippen molar-refractivity contribution in [2.45, 2.75) is 32.5 Å². The van der Waals surface area contributed by atoms with Crippen LogP contribution in [0.25, 0.3) is 0 Å². The summed E-state index contributed by atoms with van der Waals surface area (Å²) in [6.07, 6.45) is 1.15. The summed E-state index contributed by atoms with van der Waals surface area (Å²) in [6, 6.07) is 7.09. The van der Waals surface area contributed by atoms with Crippen LogP contribution in [0.5, 0.6) is 0 Å². The van der Waals surface area contributed by atoms with Crippen LogP contribution in [0.15, 0.2) is 18.2 Å². The Balaban J connectivity index is 2.02. The van der Waals surface area contributed by atoms with Crippen LogP contribution in [0.1, 0.15) is 23.1 Å². The zero-order valence-corrected chi connectivity index (χ0v) is 10.8. The first-order valence-electron chi connectivity index (χ1n) is 6.27. The summed E-state index contributed by atoms with van der Waals surface area (Å²) in [5, 5.41) is 0. The zero-order valence-electron chi connectivity index (χ0n) is 10.8. The van der Waals surface area contributed by atoms with Crippen LogP contribution in [-0.4, -0.2) is 31.2 Å². The van der Waals surface area contributed by atoms with Gasteiger partial charge in [0.1, 0.15) is 0 Å². The van der Waals surface area contributed by atoms with Crippen molar-refractivity contribution in [2.75, 3.05) is 20.3 Å². The van der Waals surface area contributed by atoms with E-state index in [9.17, 15) is 0 Å². The molecule has 1 saturated heterocycles. The van der Waals surface area contributed by atoms with E-state index in [2.05, 4.69) is 37.1 Å². The summed E-state index contributed by atoms with van der Waals surface area (Å²) >= 11 is 0. The Hall–Kier alpha value is -0.900. The zero-order chi connectivity index (χ0) is 12.3. The van der Waals surface area contributed by atoms with E-state index in [1.165, 1.54) is 16.7 Å². The maximum absolute atomic E-state index is 5.64. The van der Waals surface area contributed by atoms with Crippen molar-refractivity contribution in [2.24, 2.45) is 5.73 Å². The Bertz CT molecular complexity index is 372. The molecule has 3 heteroatoms. The van der Waals surface area contributed by atoms with Gasteiger partial charge >= 0.3 is 0 Å². The Morgan fingerprint density at radius 1 is 1.47 bits per heavy atom. The summed E-state index contributed by atoms with van der Waals surface area (Å²) in [5.74, 6) is 0. The number of nitrogens with two attached hydrogens (primary N) is 1. The normalized spacial score (nSPS) is 20.1. The van der Waals surface area contributed by atoms with Gasteiger partial charge in [-0.25, -0.2) is 0 Å². The SMILES string of the molecule is Cc1cc(CN)ccc1CN(C)C1CCOC1. The maximum atomic E-state index is 5.64. The predicted octanol–water partition coefficient (Wildman–Crippen LogP) is 1.67. The Labute approximate surface area is 104 Å². The Morgan fingerprint density at radius 2 is 2.29 bits per heavy atom. The van der Waals surface area contributed by atoms with Crippen molar-refractivity contribution in [3.05, 3.63) is 34.9 Å².